The number of carbonyl (C=O) groups is 3. The highest BCUT2D eigenvalue weighted by Gasteiger charge is 2.54. The number of aliphatic carboxylic acids is 1. The van der Waals surface area contributed by atoms with Crippen molar-refractivity contribution in [1.82, 2.24) is 35.4 Å². The van der Waals surface area contributed by atoms with Gasteiger partial charge in [0.15, 0.2) is 10.8 Å². The summed E-state index contributed by atoms with van der Waals surface area (Å²) in [5.74, 6) is -2.05. The van der Waals surface area contributed by atoms with Crippen LogP contribution in [0.3, 0.4) is 0 Å². The van der Waals surface area contributed by atoms with Gasteiger partial charge in [0, 0.05) is 28.8 Å². The van der Waals surface area contributed by atoms with Gasteiger partial charge >= 0.3 is 5.97 Å². The van der Waals surface area contributed by atoms with Crippen LogP contribution in [0, 0.1) is 0 Å². The highest BCUT2D eigenvalue weighted by Crippen LogP contribution is 2.42. The van der Waals surface area contributed by atoms with E-state index in [-0.39, 0.29) is 36.0 Å². The zero-order valence-corrected chi connectivity index (χ0v) is 31.9. The average Bonchev–Trinajstić information content (AvgIpc) is 3.87. The zero-order chi connectivity index (χ0) is 39.1. The summed E-state index contributed by atoms with van der Waals surface area (Å²) in [4.78, 5) is 54.1. The standard InChI is InChI=1S/C36H32N12O5S3/c1-47-35(42-45-46-47)56-20-22-19-54-32-28(31(50)48(32)29(22)33(51)52)40-30(49)27(43-53-18-17-38-44-37)26-21-55-34(39-26)41-36(23-11-5-2-6-12-23,24-13-7-3-8-14-24)25-15-9-4-10-16-25/h2-16,21,28,32H,17-20H2,1H3,(H,39,41)(H,40,49)(H,51,52)/t28?,32-/m1/s1. The number of azide groups is 1. The van der Waals surface area contributed by atoms with E-state index in [2.05, 4.69) is 41.3 Å². The Bertz CT molecular complexity index is 2240. The Labute approximate surface area is 331 Å². The Morgan fingerprint density at radius 3 is 2.27 bits per heavy atom. The molecule has 284 valence electrons. The number of carbonyl (C=O) groups excluding carboxylic acids is 2. The fourth-order valence-electron chi connectivity index (χ4n) is 6.32. The summed E-state index contributed by atoms with van der Waals surface area (Å²) < 4.78 is 1.47. The summed E-state index contributed by atoms with van der Waals surface area (Å²) in [7, 11) is 1.67. The molecule has 7 rings (SSSR count). The Kier molecular flexibility index (Phi) is 11.6. The second-order valence-corrected chi connectivity index (χ2v) is 15.1. The Balaban J connectivity index is 1.16. The van der Waals surface area contributed by atoms with E-state index < -0.39 is 34.7 Å². The molecule has 0 aliphatic carbocycles. The van der Waals surface area contributed by atoms with Gasteiger partial charge in [-0.2, -0.15) is 0 Å². The van der Waals surface area contributed by atoms with Crippen molar-refractivity contribution in [3.05, 3.63) is 140 Å². The number of β-lactam (4-membered cyclic amide) rings is 1. The number of thiazole rings is 1. The van der Waals surface area contributed by atoms with Gasteiger partial charge < -0.3 is 20.6 Å². The molecule has 2 aliphatic rings. The number of anilines is 1. The molecular weight excluding hydrogens is 777 g/mol. The van der Waals surface area contributed by atoms with Crippen LogP contribution in [0.1, 0.15) is 22.4 Å². The van der Waals surface area contributed by atoms with Gasteiger partial charge in [0.05, 0.1) is 6.54 Å². The molecule has 2 aromatic heterocycles. The monoisotopic (exact) mass is 808 g/mol. The molecule has 2 atom stereocenters. The van der Waals surface area contributed by atoms with E-state index in [9.17, 15) is 19.5 Å². The molecule has 0 spiro atoms. The van der Waals surface area contributed by atoms with Crippen molar-refractivity contribution < 1.29 is 24.3 Å². The maximum Gasteiger partial charge on any atom is 0.352 e. The summed E-state index contributed by atoms with van der Waals surface area (Å²) >= 11 is 3.83. The van der Waals surface area contributed by atoms with Crippen molar-refractivity contribution in [2.24, 2.45) is 17.3 Å². The molecule has 2 amide bonds. The molecule has 1 unspecified atom stereocenters. The largest absolute Gasteiger partial charge is 0.477 e. The first-order valence-corrected chi connectivity index (χ1v) is 19.9. The molecule has 17 nitrogen and oxygen atoms in total. The first kappa shape index (κ1) is 38.1. The first-order valence-electron chi connectivity index (χ1n) is 17.0. The summed E-state index contributed by atoms with van der Waals surface area (Å²) in [6, 6.07) is 28.8. The molecule has 0 bridgehead atoms. The SMILES string of the molecule is Cn1nnnc1SCC1=C(C(=O)O)N2C(=O)C(NC(=O)C(=NOCCN=[N+]=[N-])c3csc(NC(c4ccccc4)(c4ccccc4)c4ccccc4)n3)[C@H]2SC1. The van der Waals surface area contributed by atoms with Crippen molar-refractivity contribution in [1.29, 1.82) is 0 Å². The molecule has 56 heavy (non-hydrogen) atoms. The Hall–Kier alpha value is -6.21. The fourth-order valence-corrected chi connectivity index (χ4v) is 9.41. The van der Waals surface area contributed by atoms with Gasteiger partial charge in [-0.25, -0.2) is 14.5 Å². The number of oxime groups is 1. The van der Waals surface area contributed by atoms with Crippen molar-refractivity contribution in [2.45, 2.75) is 22.1 Å². The van der Waals surface area contributed by atoms with Gasteiger partial charge in [-0.15, -0.1) is 28.2 Å². The molecule has 2 aliphatic heterocycles. The van der Waals surface area contributed by atoms with Gasteiger partial charge in [-0.05, 0) is 38.2 Å². The summed E-state index contributed by atoms with van der Waals surface area (Å²) in [5, 5.41) is 37.3. The fraction of sp³-hybridized carbons (Fsp3) is 0.222. The predicted molar refractivity (Wildman–Crippen MR) is 211 cm³/mol. The number of nitrogens with zero attached hydrogens (tertiary/aromatic N) is 10. The van der Waals surface area contributed by atoms with E-state index >= 15 is 0 Å². The highest BCUT2D eigenvalue weighted by atomic mass is 32.2. The number of amides is 2. The number of tetrazole rings is 1. The molecule has 4 heterocycles. The number of aryl methyl sites for hydroxylation is 1. The maximum atomic E-state index is 14.0. The van der Waals surface area contributed by atoms with E-state index in [0.29, 0.717) is 21.6 Å². The number of carboxylic acids is 1. The highest BCUT2D eigenvalue weighted by molar-refractivity contribution is 8.01. The number of rotatable bonds is 16. The quantitative estimate of drug-likeness (QED) is 0.0143. The van der Waals surface area contributed by atoms with Crippen LogP contribution in [0.4, 0.5) is 5.13 Å². The van der Waals surface area contributed by atoms with Crippen LogP contribution in [0.15, 0.2) is 123 Å². The lowest BCUT2D eigenvalue weighted by Gasteiger charge is -2.49. The molecular formula is C36H32N12O5S3. The molecule has 20 heteroatoms. The number of thioether (sulfide) groups is 2. The lowest BCUT2D eigenvalue weighted by Crippen LogP contribution is -2.71. The van der Waals surface area contributed by atoms with Crippen LogP contribution >= 0.6 is 34.9 Å². The number of benzene rings is 3. The van der Waals surface area contributed by atoms with Crippen LogP contribution in [0.25, 0.3) is 10.4 Å². The van der Waals surface area contributed by atoms with Crippen LogP contribution in [-0.4, -0.2) is 94.8 Å². The Morgan fingerprint density at radius 1 is 1.05 bits per heavy atom. The lowest BCUT2D eigenvalue weighted by molar-refractivity contribution is -0.150. The molecule has 3 N–H and O–H groups in total. The third-order valence-corrected chi connectivity index (χ3v) is 12.1. The van der Waals surface area contributed by atoms with E-state index in [0.717, 1.165) is 16.7 Å². The average molecular weight is 809 g/mol. The first-order chi connectivity index (χ1) is 27.3. The number of aromatic nitrogens is 5. The minimum atomic E-state index is -1.25. The number of carboxylic acid groups (broad SMARTS) is 1. The lowest BCUT2D eigenvalue weighted by atomic mass is 9.77. The van der Waals surface area contributed by atoms with Gasteiger partial charge in [0.2, 0.25) is 5.16 Å². The smallest absolute Gasteiger partial charge is 0.352 e. The summed E-state index contributed by atoms with van der Waals surface area (Å²) in [5.41, 5.74) is 11.0. The second kappa shape index (κ2) is 17.1. The van der Waals surface area contributed by atoms with E-state index in [1.165, 1.54) is 44.4 Å². The van der Waals surface area contributed by atoms with Gasteiger partial charge in [-0.3, -0.25) is 14.5 Å². The van der Waals surface area contributed by atoms with E-state index in [4.69, 9.17) is 15.4 Å². The molecule has 3 aromatic carbocycles. The number of hydrogen-bond donors (Lipinski definition) is 3. The van der Waals surface area contributed by atoms with Crippen LogP contribution in [-0.2, 0) is 31.8 Å². The number of nitrogens with one attached hydrogen (secondary N) is 2. The summed E-state index contributed by atoms with van der Waals surface area (Å²) in [6.07, 6.45) is 0. The van der Waals surface area contributed by atoms with Crippen LogP contribution in [0.2, 0.25) is 0 Å². The minimum absolute atomic E-state index is 0.0423. The molecule has 0 saturated carbocycles. The number of hydrogen-bond acceptors (Lipinski definition) is 14. The zero-order valence-electron chi connectivity index (χ0n) is 29.5. The molecule has 0 radical (unpaired) electrons. The third-order valence-electron chi connectivity index (χ3n) is 8.87. The van der Waals surface area contributed by atoms with E-state index in [1.807, 2.05) is 91.0 Å². The van der Waals surface area contributed by atoms with Crippen molar-refractivity contribution in [3.63, 3.8) is 0 Å². The Morgan fingerprint density at radius 2 is 1.70 bits per heavy atom. The summed E-state index contributed by atoms with van der Waals surface area (Å²) in [6.45, 7) is -0.165. The molecule has 1 fully saturated rings. The van der Waals surface area contributed by atoms with Gasteiger partial charge in [-0.1, -0.05) is 113 Å². The topological polar surface area (TPSA) is 226 Å². The van der Waals surface area contributed by atoms with Gasteiger partial charge in [0.25, 0.3) is 11.8 Å². The van der Waals surface area contributed by atoms with Crippen LogP contribution in [0.5, 0.6) is 0 Å². The normalized spacial score (nSPS) is 16.7. The van der Waals surface area contributed by atoms with E-state index in [1.54, 1.807) is 12.4 Å². The minimum Gasteiger partial charge on any atom is -0.477 e. The number of fused-ring (bicyclic) bond motifs is 1. The second-order valence-electron chi connectivity index (χ2n) is 12.2. The predicted octanol–water partition coefficient (Wildman–Crippen LogP) is 4.63. The maximum absolute atomic E-state index is 14.0. The van der Waals surface area contributed by atoms with Gasteiger partial charge in [0.1, 0.15) is 35.0 Å². The molecule has 1 saturated heterocycles. The van der Waals surface area contributed by atoms with Crippen molar-refractivity contribution in [3.8, 4) is 0 Å². The van der Waals surface area contributed by atoms with Crippen molar-refractivity contribution in [2.75, 3.05) is 30.0 Å². The third kappa shape index (κ3) is 7.67. The van der Waals surface area contributed by atoms with Crippen molar-refractivity contribution >= 4 is 63.5 Å². The van der Waals surface area contributed by atoms with Crippen LogP contribution < -0.4 is 10.6 Å². The molecule has 5 aromatic rings.